The molecule has 0 radical (unpaired) electrons. The Bertz CT molecular complexity index is 482. The Kier molecular flexibility index (Phi) is 6.39. The highest BCUT2D eigenvalue weighted by Crippen LogP contribution is 2.40. The minimum atomic E-state index is 0.175. The van der Waals surface area contributed by atoms with Crippen LogP contribution in [0, 0.1) is 41.4 Å². The molecule has 0 saturated heterocycles. The molecular weight excluding hydrogens is 308 g/mol. The lowest BCUT2D eigenvalue weighted by Gasteiger charge is -2.36. The molecule has 3 fully saturated rings. The van der Waals surface area contributed by atoms with E-state index < -0.39 is 0 Å². The van der Waals surface area contributed by atoms with E-state index in [2.05, 4.69) is 20.8 Å². The maximum atomic E-state index is 13.1. The topological polar surface area (TPSA) is 34.1 Å². The second-order valence-corrected chi connectivity index (χ2v) is 9.80. The SMILES string of the molecule is CC1CCCC(C(=O)C2CCCC(C(=O)C3CCC(C)C(C)C3)C2)C1. The fourth-order valence-electron chi connectivity index (χ4n) is 5.87. The van der Waals surface area contributed by atoms with Crippen molar-refractivity contribution in [2.45, 2.75) is 91.4 Å². The van der Waals surface area contributed by atoms with Crippen LogP contribution in [0.1, 0.15) is 91.4 Å². The Balaban J connectivity index is 1.57. The van der Waals surface area contributed by atoms with E-state index in [-0.39, 0.29) is 23.7 Å². The smallest absolute Gasteiger partial charge is 0.139 e. The minimum Gasteiger partial charge on any atom is -0.299 e. The molecule has 0 spiro atoms. The molecule has 3 rings (SSSR count). The summed E-state index contributed by atoms with van der Waals surface area (Å²) in [7, 11) is 0. The van der Waals surface area contributed by atoms with Crippen molar-refractivity contribution in [3.05, 3.63) is 0 Å². The fraction of sp³-hybridized carbons (Fsp3) is 0.913. The standard InChI is InChI=1S/C23H38O2/c1-15-6-4-7-18(12-15)22(24)19-8-5-9-20(14-19)23(25)21-11-10-16(2)17(3)13-21/h15-21H,4-14H2,1-3H3. The molecule has 0 aromatic carbocycles. The van der Waals surface area contributed by atoms with Crippen LogP contribution in [0.3, 0.4) is 0 Å². The van der Waals surface area contributed by atoms with Crippen molar-refractivity contribution in [3.63, 3.8) is 0 Å². The van der Waals surface area contributed by atoms with Crippen molar-refractivity contribution in [3.8, 4) is 0 Å². The molecule has 7 unspecified atom stereocenters. The van der Waals surface area contributed by atoms with Crippen molar-refractivity contribution >= 4 is 11.6 Å². The lowest BCUT2D eigenvalue weighted by molar-refractivity contribution is -0.133. The second kappa shape index (κ2) is 8.35. The van der Waals surface area contributed by atoms with Crippen molar-refractivity contribution < 1.29 is 9.59 Å². The van der Waals surface area contributed by atoms with Crippen molar-refractivity contribution in [2.75, 3.05) is 0 Å². The second-order valence-electron chi connectivity index (χ2n) is 9.80. The van der Waals surface area contributed by atoms with E-state index in [0.29, 0.717) is 23.4 Å². The number of carbonyl (C=O) groups is 2. The molecule has 2 heteroatoms. The Morgan fingerprint density at radius 1 is 0.560 bits per heavy atom. The first-order chi connectivity index (χ1) is 12.0. The molecule has 0 aromatic rings. The van der Waals surface area contributed by atoms with Gasteiger partial charge in [-0.05, 0) is 69.1 Å². The monoisotopic (exact) mass is 346 g/mol. The lowest BCUT2D eigenvalue weighted by Crippen LogP contribution is -2.36. The summed E-state index contributed by atoms with van der Waals surface area (Å²) in [5.74, 6) is 4.08. The van der Waals surface area contributed by atoms with E-state index in [1.54, 1.807) is 0 Å². The highest BCUT2D eigenvalue weighted by molar-refractivity contribution is 5.87. The highest BCUT2D eigenvalue weighted by Gasteiger charge is 2.38. The van der Waals surface area contributed by atoms with Crippen LogP contribution in [0.2, 0.25) is 0 Å². The van der Waals surface area contributed by atoms with Crippen LogP contribution in [-0.4, -0.2) is 11.6 Å². The summed E-state index contributed by atoms with van der Waals surface area (Å²) in [5.41, 5.74) is 0. The van der Waals surface area contributed by atoms with Gasteiger partial charge >= 0.3 is 0 Å². The molecule has 3 aliphatic rings. The van der Waals surface area contributed by atoms with Crippen molar-refractivity contribution in [1.82, 2.24) is 0 Å². The summed E-state index contributed by atoms with van der Waals surface area (Å²) < 4.78 is 0. The van der Waals surface area contributed by atoms with E-state index >= 15 is 0 Å². The summed E-state index contributed by atoms with van der Waals surface area (Å²) in [6.07, 6.45) is 12.1. The Morgan fingerprint density at radius 2 is 1.08 bits per heavy atom. The third-order valence-corrected chi connectivity index (χ3v) is 7.82. The van der Waals surface area contributed by atoms with Gasteiger partial charge in [0.1, 0.15) is 11.6 Å². The highest BCUT2D eigenvalue weighted by atomic mass is 16.1. The van der Waals surface area contributed by atoms with Gasteiger partial charge in [-0.3, -0.25) is 9.59 Å². The Morgan fingerprint density at radius 3 is 1.64 bits per heavy atom. The molecule has 25 heavy (non-hydrogen) atoms. The van der Waals surface area contributed by atoms with Crippen LogP contribution in [0.4, 0.5) is 0 Å². The van der Waals surface area contributed by atoms with E-state index in [1.165, 1.54) is 19.3 Å². The molecule has 0 aromatic heterocycles. The van der Waals surface area contributed by atoms with Gasteiger partial charge in [0.2, 0.25) is 0 Å². The number of rotatable bonds is 4. The lowest BCUT2D eigenvalue weighted by atomic mass is 9.67. The first-order valence-electron chi connectivity index (χ1n) is 11.0. The Labute approximate surface area is 154 Å². The average Bonchev–Trinajstić information content (AvgIpc) is 2.63. The molecular formula is C23H38O2. The number of hydrogen-bond acceptors (Lipinski definition) is 2. The number of Topliss-reactive ketones (excluding diaryl/α,β-unsaturated/α-hetero) is 2. The molecule has 142 valence electrons. The maximum Gasteiger partial charge on any atom is 0.139 e. The van der Waals surface area contributed by atoms with Gasteiger partial charge in [-0.15, -0.1) is 0 Å². The first kappa shape index (κ1) is 19.1. The van der Waals surface area contributed by atoms with Crippen molar-refractivity contribution in [1.29, 1.82) is 0 Å². The van der Waals surface area contributed by atoms with Crippen LogP contribution in [0.15, 0.2) is 0 Å². The molecule has 0 amide bonds. The van der Waals surface area contributed by atoms with Crippen molar-refractivity contribution in [2.24, 2.45) is 41.4 Å². The minimum absolute atomic E-state index is 0.175. The van der Waals surface area contributed by atoms with Crippen LogP contribution >= 0.6 is 0 Å². The molecule has 3 saturated carbocycles. The van der Waals surface area contributed by atoms with Crippen LogP contribution in [-0.2, 0) is 9.59 Å². The summed E-state index contributed by atoms with van der Waals surface area (Å²) >= 11 is 0. The molecule has 3 aliphatic carbocycles. The van der Waals surface area contributed by atoms with Crippen LogP contribution < -0.4 is 0 Å². The summed E-state index contributed by atoms with van der Waals surface area (Å²) in [6, 6.07) is 0. The third kappa shape index (κ3) is 4.55. The number of carbonyl (C=O) groups excluding carboxylic acids is 2. The van der Waals surface area contributed by atoms with Gasteiger partial charge in [-0.1, -0.05) is 40.0 Å². The van der Waals surface area contributed by atoms with Crippen LogP contribution in [0.25, 0.3) is 0 Å². The predicted octanol–water partition coefficient (Wildman–Crippen LogP) is 5.83. The Hall–Kier alpha value is -0.660. The van der Waals surface area contributed by atoms with E-state index in [0.717, 1.165) is 57.3 Å². The summed E-state index contributed by atoms with van der Waals surface area (Å²) in [4.78, 5) is 26.1. The quantitative estimate of drug-likeness (QED) is 0.642. The third-order valence-electron chi connectivity index (χ3n) is 7.82. The molecule has 7 atom stereocenters. The molecule has 0 aliphatic heterocycles. The van der Waals surface area contributed by atoms with Gasteiger partial charge < -0.3 is 0 Å². The van der Waals surface area contributed by atoms with E-state index in [1.807, 2.05) is 0 Å². The molecule has 0 bridgehead atoms. The predicted molar refractivity (Wildman–Crippen MR) is 102 cm³/mol. The van der Waals surface area contributed by atoms with Gasteiger partial charge in [-0.2, -0.15) is 0 Å². The summed E-state index contributed by atoms with van der Waals surface area (Å²) in [6.45, 7) is 6.92. The molecule has 0 heterocycles. The number of hydrogen-bond donors (Lipinski definition) is 0. The zero-order valence-corrected chi connectivity index (χ0v) is 16.6. The largest absolute Gasteiger partial charge is 0.299 e. The van der Waals surface area contributed by atoms with Gasteiger partial charge in [-0.25, -0.2) is 0 Å². The zero-order valence-electron chi connectivity index (χ0n) is 16.6. The average molecular weight is 347 g/mol. The normalized spacial score (nSPS) is 42.8. The summed E-state index contributed by atoms with van der Waals surface area (Å²) in [5, 5.41) is 0. The molecule has 2 nitrogen and oxygen atoms in total. The molecule has 0 N–H and O–H groups in total. The zero-order chi connectivity index (χ0) is 18.0. The van der Waals surface area contributed by atoms with Gasteiger partial charge in [0.05, 0.1) is 0 Å². The van der Waals surface area contributed by atoms with Crippen LogP contribution in [0.5, 0.6) is 0 Å². The van der Waals surface area contributed by atoms with E-state index in [9.17, 15) is 9.59 Å². The maximum absolute atomic E-state index is 13.1. The van der Waals surface area contributed by atoms with E-state index in [4.69, 9.17) is 0 Å². The van der Waals surface area contributed by atoms with Gasteiger partial charge in [0, 0.05) is 23.7 Å². The number of ketones is 2. The first-order valence-corrected chi connectivity index (χ1v) is 11.0. The van der Waals surface area contributed by atoms with Gasteiger partial charge in [0.15, 0.2) is 0 Å². The fourth-order valence-corrected chi connectivity index (χ4v) is 5.87. The van der Waals surface area contributed by atoms with Gasteiger partial charge in [0.25, 0.3) is 0 Å².